The van der Waals surface area contributed by atoms with Gasteiger partial charge in [0.2, 0.25) is 0 Å². The Bertz CT molecular complexity index is 233. The molecule has 2 rings (SSSR count). The molecule has 1 aliphatic carbocycles. The van der Waals surface area contributed by atoms with Crippen molar-refractivity contribution in [3.05, 3.63) is 0 Å². The Morgan fingerprint density at radius 2 is 2.00 bits per heavy atom. The number of aliphatic carboxylic acids is 1. The number of ether oxygens (including phenoxy) is 1. The van der Waals surface area contributed by atoms with Crippen molar-refractivity contribution in [3.8, 4) is 0 Å². The number of rotatable bonds is 2. The van der Waals surface area contributed by atoms with E-state index >= 15 is 0 Å². The third kappa shape index (κ3) is 1.65. The number of carboxylic acids is 1. The average Bonchev–Trinajstić information content (AvgIpc) is 2.71. The molecule has 3 nitrogen and oxygen atoms in total. The fourth-order valence-electron chi connectivity index (χ4n) is 2.87. The van der Waals surface area contributed by atoms with E-state index in [0.29, 0.717) is 12.3 Å². The largest absolute Gasteiger partial charge is 0.479 e. The summed E-state index contributed by atoms with van der Waals surface area (Å²) in [5.41, 5.74) is -0.153. The summed E-state index contributed by atoms with van der Waals surface area (Å²) in [6.07, 6.45) is 6.02. The quantitative estimate of drug-likeness (QED) is 0.739. The summed E-state index contributed by atoms with van der Waals surface area (Å²) in [4.78, 5) is 10.8. The van der Waals surface area contributed by atoms with Gasteiger partial charge in [0.1, 0.15) is 0 Å². The summed E-state index contributed by atoms with van der Waals surface area (Å²) >= 11 is 0. The van der Waals surface area contributed by atoms with Gasteiger partial charge >= 0.3 is 5.97 Å². The second-order valence-corrected chi connectivity index (χ2v) is 4.78. The van der Waals surface area contributed by atoms with Gasteiger partial charge in [-0.25, -0.2) is 4.79 Å². The second-order valence-electron chi connectivity index (χ2n) is 4.78. The highest BCUT2D eigenvalue weighted by molar-refractivity contribution is 5.72. The summed E-state index contributed by atoms with van der Waals surface area (Å²) in [5, 5.41) is 8.86. The highest BCUT2D eigenvalue weighted by Gasteiger charge is 2.45. The van der Waals surface area contributed by atoms with Gasteiger partial charge in [-0.15, -0.1) is 0 Å². The lowest BCUT2D eigenvalue weighted by Crippen LogP contribution is -2.34. The van der Waals surface area contributed by atoms with Crippen LogP contribution in [0.5, 0.6) is 0 Å². The Kier molecular flexibility index (Phi) is 2.52. The van der Waals surface area contributed by atoms with Crippen LogP contribution in [0.25, 0.3) is 0 Å². The van der Waals surface area contributed by atoms with Crippen molar-refractivity contribution in [2.45, 2.75) is 57.2 Å². The van der Waals surface area contributed by atoms with Crippen molar-refractivity contribution in [1.29, 1.82) is 0 Å². The highest BCUT2D eigenvalue weighted by atomic mass is 16.5. The topological polar surface area (TPSA) is 46.5 Å². The first-order chi connectivity index (χ1) is 6.62. The minimum Gasteiger partial charge on any atom is -0.479 e. The molecule has 0 aromatic carbocycles. The standard InChI is InChI=1S/C11H18O3/c1-11(8-4-2-3-5-8)7-6-9(14-11)10(12)13/h8-9H,2-7H2,1H3,(H,12,13). The van der Waals surface area contributed by atoms with Crippen LogP contribution >= 0.6 is 0 Å². The first kappa shape index (κ1) is 9.97. The molecule has 2 atom stereocenters. The lowest BCUT2D eigenvalue weighted by molar-refractivity contribution is -0.156. The maximum Gasteiger partial charge on any atom is 0.332 e. The summed E-state index contributed by atoms with van der Waals surface area (Å²) in [6.45, 7) is 2.09. The predicted molar refractivity (Wildman–Crippen MR) is 52.1 cm³/mol. The molecule has 0 aromatic rings. The fourth-order valence-corrected chi connectivity index (χ4v) is 2.87. The van der Waals surface area contributed by atoms with Crippen LogP contribution in [0.15, 0.2) is 0 Å². The SMILES string of the molecule is CC1(C2CCCC2)CCC(C(=O)O)O1. The molecule has 0 bridgehead atoms. The molecule has 0 amide bonds. The molecule has 0 aromatic heterocycles. The minimum atomic E-state index is -0.799. The molecule has 0 radical (unpaired) electrons. The number of hydrogen-bond donors (Lipinski definition) is 1. The Hall–Kier alpha value is -0.570. The third-order valence-electron chi connectivity index (χ3n) is 3.81. The van der Waals surface area contributed by atoms with Crippen molar-refractivity contribution in [3.63, 3.8) is 0 Å². The summed E-state index contributed by atoms with van der Waals surface area (Å²) < 4.78 is 5.69. The molecular weight excluding hydrogens is 180 g/mol. The molecule has 1 aliphatic heterocycles. The Labute approximate surface area is 84.4 Å². The van der Waals surface area contributed by atoms with E-state index in [1.807, 2.05) is 0 Å². The van der Waals surface area contributed by atoms with Gasteiger partial charge in [-0.1, -0.05) is 12.8 Å². The normalized spacial score (nSPS) is 39.1. The van der Waals surface area contributed by atoms with E-state index in [1.165, 1.54) is 25.7 Å². The molecule has 14 heavy (non-hydrogen) atoms. The Morgan fingerprint density at radius 1 is 1.36 bits per heavy atom. The molecule has 2 aliphatic rings. The van der Waals surface area contributed by atoms with E-state index in [4.69, 9.17) is 9.84 Å². The van der Waals surface area contributed by atoms with Crippen LogP contribution in [0.1, 0.15) is 45.4 Å². The fraction of sp³-hybridized carbons (Fsp3) is 0.909. The second kappa shape index (κ2) is 3.54. The van der Waals surface area contributed by atoms with Crippen molar-refractivity contribution < 1.29 is 14.6 Å². The van der Waals surface area contributed by atoms with Crippen LogP contribution in [-0.4, -0.2) is 22.8 Å². The number of carbonyl (C=O) groups is 1. The molecular formula is C11H18O3. The predicted octanol–water partition coefficient (Wildman–Crippen LogP) is 2.20. The zero-order chi connectivity index (χ0) is 10.2. The first-order valence-electron chi connectivity index (χ1n) is 5.52. The monoisotopic (exact) mass is 198 g/mol. The zero-order valence-corrected chi connectivity index (χ0v) is 8.66. The molecule has 1 N–H and O–H groups in total. The smallest absolute Gasteiger partial charge is 0.332 e. The van der Waals surface area contributed by atoms with Crippen LogP contribution < -0.4 is 0 Å². The Morgan fingerprint density at radius 3 is 2.50 bits per heavy atom. The van der Waals surface area contributed by atoms with E-state index in [-0.39, 0.29) is 5.60 Å². The van der Waals surface area contributed by atoms with E-state index < -0.39 is 12.1 Å². The first-order valence-corrected chi connectivity index (χ1v) is 5.52. The minimum absolute atomic E-state index is 0.153. The molecule has 1 heterocycles. The van der Waals surface area contributed by atoms with Gasteiger partial charge in [-0.2, -0.15) is 0 Å². The summed E-state index contributed by atoms with van der Waals surface area (Å²) in [7, 11) is 0. The molecule has 3 heteroatoms. The zero-order valence-electron chi connectivity index (χ0n) is 8.66. The summed E-state index contributed by atoms with van der Waals surface area (Å²) in [6, 6.07) is 0. The van der Waals surface area contributed by atoms with Gasteiger partial charge in [0.15, 0.2) is 6.10 Å². The van der Waals surface area contributed by atoms with E-state index in [1.54, 1.807) is 0 Å². The lowest BCUT2D eigenvalue weighted by Gasteiger charge is -2.30. The lowest BCUT2D eigenvalue weighted by atomic mass is 9.85. The number of carboxylic acid groups (broad SMARTS) is 1. The van der Waals surface area contributed by atoms with Crippen molar-refractivity contribution in [1.82, 2.24) is 0 Å². The van der Waals surface area contributed by atoms with Crippen LogP contribution in [0.3, 0.4) is 0 Å². The molecule has 0 spiro atoms. The van der Waals surface area contributed by atoms with Crippen LogP contribution in [-0.2, 0) is 9.53 Å². The van der Waals surface area contributed by atoms with Gasteiger partial charge in [0.05, 0.1) is 5.60 Å². The average molecular weight is 198 g/mol. The molecule has 2 fully saturated rings. The van der Waals surface area contributed by atoms with Gasteiger partial charge in [-0.05, 0) is 38.5 Å². The third-order valence-corrected chi connectivity index (χ3v) is 3.81. The van der Waals surface area contributed by atoms with Crippen LogP contribution in [0.4, 0.5) is 0 Å². The molecule has 1 saturated carbocycles. The van der Waals surface area contributed by atoms with E-state index in [2.05, 4.69) is 6.92 Å². The Balaban J connectivity index is 2.00. The van der Waals surface area contributed by atoms with Crippen LogP contribution in [0, 0.1) is 5.92 Å². The maximum atomic E-state index is 10.8. The van der Waals surface area contributed by atoms with Gasteiger partial charge in [0, 0.05) is 0 Å². The maximum absolute atomic E-state index is 10.8. The van der Waals surface area contributed by atoms with Crippen molar-refractivity contribution in [2.24, 2.45) is 5.92 Å². The molecule has 2 unspecified atom stereocenters. The van der Waals surface area contributed by atoms with Crippen LogP contribution in [0.2, 0.25) is 0 Å². The van der Waals surface area contributed by atoms with Crippen molar-refractivity contribution in [2.75, 3.05) is 0 Å². The number of hydrogen-bond acceptors (Lipinski definition) is 2. The van der Waals surface area contributed by atoms with E-state index in [0.717, 1.165) is 6.42 Å². The molecule has 80 valence electrons. The van der Waals surface area contributed by atoms with E-state index in [9.17, 15) is 4.79 Å². The highest BCUT2D eigenvalue weighted by Crippen LogP contribution is 2.43. The van der Waals surface area contributed by atoms with Gasteiger partial charge in [-0.3, -0.25) is 0 Å². The van der Waals surface area contributed by atoms with Gasteiger partial charge in [0.25, 0.3) is 0 Å². The summed E-state index contributed by atoms with van der Waals surface area (Å²) in [5.74, 6) is -0.210. The van der Waals surface area contributed by atoms with Crippen molar-refractivity contribution >= 4 is 5.97 Å². The van der Waals surface area contributed by atoms with Gasteiger partial charge < -0.3 is 9.84 Å². The molecule has 1 saturated heterocycles.